The summed E-state index contributed by atoms with van der Waals surface area (Å²) in [7, 11) is 0. The molecule has 0 saturated carbocycles. The number of benzene rings is 4. The van der Waals surface area contributed by atoms with Gasteiger partial charge in [0.1, 0.15) is 49.4 Å². The van der Waals surface area contributed by atoms with E-state index in [2.05, 4.69) is 92.4 Å². The minimum Gasteiger partial charge on any atom is -0.490 e. The molecule has 0 N–H and O–H groups in total. The second-order valence-electron chi connectivity index (χ2n) is 11.6. The molecular formula is C34H32N4O4. The highest BCUT2D eigenvalue weighted by molar-refractivity contribution is 5.70. The Labute approximate surface area is 245 Å². The van der Waals surface area contributed by atoms with Gasteiger partial charge in [0.2, 0.25) is 0 Å². The topological polar surface area (TPSA) is 49.9 Å². The Bertz CT molecular complexity index is 1460. The maximum Gasteiger partial charge on any atom is 0.122 e. The molecule has 42 heavy (non-hydrogen) atoms. The van der Waals surface area contributed by atoms with Crippen LogP contribution in [0, 0.1) is 0 Å². The van der Waals surface area contributed by atoms with Crippen LogP contribution in [0.2, 0.25) is 0 Å². The molecule has 18 rings (SSSR count). The molecule has 4 aromatic rings. The van der Waals surface area contributed by atoms with Crippen molar-refractivity contribution in [3.8, 4) is 23.0 Å². The second kappa shape index (κ2) is 9.41. The number of ether oxygens (including phenoxy) is 4. The fraction of sp³-hybridized carbons (Fsp3) is 0.294. The van der Waals surface area contributed by atoms with Gasteiger partial charge in [-0.15, -0.1) is 0 Å². The number of nitrogens with zero attached hydrogens (tertiary/aromatic N) is 4. The normalized spacial score (nSPS) is 18.1. The van der Waals surface area contributed by atoms with Crippen LogP contribution in [-0.2, 0) is 26.2 Å². The molecule has 0 fully saturated rings. The molecule has 0 radical (unpaired) electrons. The Morgan fingerprint density at radius 2 is 0.619 bits per heavy atom. The van der Waals surface area contributed by atoms with E-state index < -0.39 is 0 Å². The monoisotopic (exact) mass is 560 g/mol. The van der Waals surface area contributed by atoms with E-state index in [1.807, 2.05) is 0 Å². The number of anilines is 4. The predicted molar refractivity (Wildman–Crippen MR) is 162 cm³/mol. The molecule has 0 atom stereocenters. The van der Waals surface area contributed by atoms with E-state index >= 15 is 0 Å². The van der Waals surface area contributed by atoms with Gasteiger partial charge in [-0.2, -0.15) is 0 Å². The van der Waals surface area contributed by atoms with Gasteiger partial charge in [-0.25, -0.2) is 0 Å². The summed E-state index contributed by atoms with van der Waals surface area (Å²) in [6, 6.07) is 25.8. The van der Waals surface area contributed by atoms with Crippen LogP contribution in [0.3, 0.4) is 0 Å². The van der Waals surface area contributed by atoms with Crippen molar-refractivity contribution in [3.63, 3.8) is 0 Å². The van der Waals surface area contributed by atoms with Crippen molar-refractivity contribution in [1.29, 1.82) is 0 Å². The Kier molecular flexibility index (Phi) is 5.36. The number of rotatable bonds is 0. The maximum absolute atomic E-state index is 6.15. The highest BCUT2D eigenvalue weighted by Crippen LogP contribution is 2.42. The molecule has 8 heteroatoms. The molecule has 0 aromatic heterocycles. The molecule has 212 valence electrons. The third kappa shape index (κ3) is 4.04. The first kappa shape index (κ1) is 23.9. The zero-order valence-electron chi connectivity index (χ0n) is 23.4. The first-order valence-corrected chi connectivity index (χ1v) is 14.8. The minimum atomic E-state index is 0.491. The highest BCUT2D eigenvalue weighted by atomic mass is 16.5. The molecule has 16 bridgehead atoms. The van der Waals surface area contributed by atoms with E-state index in [0.717, 1.165) is 62.5 Å². The molecule has 0 spiro atoms. The van der Waals surface area contributed by atoms with Crippen LogP contribution < -0.4 is 38.5 Å². The van der Waals surface area contributed by atoms with Gasteiger partial charge < -0.3 is 38.5 Å². The third-order valence-corrected chi connectivity index (χ3v) is 8.94. The van der Waals surface area contributed by atoms with Crippen molar-refractivity contribution >= 4 is 22.7 Å². The quantitative estimate of drug-likeness (QED) is 0.279. The summed E-state index contributed by atoms with van der Waals surface area (Å²) in [5, 5.41) is 0. The molecule has 14 aliphatic rings. The molecule has 14 aliphatic heterocycles. The number of hydrogen-bond donors (Lipinski definition) is 0. The van der Waals surface area contributed by atoms with E-state index in [1.165, 1.54) is 45.0 Å². The Balaban J connectivity index is 1.02. The van der Waals surface area contributed by atoms with Crippen molar-refractivity contribution in [2.45, 2.75) is 26.2 Å². The van der Waals surface area contributed by atoms with Gasteiger partial charge in [-0.1, -0.05) is 0 Å². The predicted octanol–water partition coefficient (Wildman–Crippen LogP) is 5.51. The number of hydrogen-bond acceptors (Lipinski definition) is 8. The van der Waals surface area contributed by atoms with Gasteiger partial charge in [0, 0.05) is 48.9 Å². The van der Waals surface area contributed by atoms with Gasteiger partial charge >= 0.3 is 0 Å². The van der Waals surface area contributed by atoms with E-state index in [0.29, 0.717) is 26.4 Å². The first-order chi connectivity index (χ1) is 20.7. The standard InChI is InChI=1S/C34H32N4O4/c1-5-31-23-13-27(1)39-9-10-40-28-2-7-33-25(15-28)19-37-22-38(33)20-26-16-30(4-8-34(26)37)42-12-11-41-29-3-6-32-24(14-29)18-35(31)21-36(32)17-23/h1-8,13-16H,9-12,17-22H2. The molecule has 8 nitrogen and oxygen atoms in total. The molecule has 14 heterocycles. The van der Waals surface area contributed by atoms with Crippen LogP contribution in [-0.4, -0.2) is 39.8 Å². The lowest BCUT2D eigenvalue weighted by molar-refractivity contribution is 0.216. The fourth-order valence-electron chi connectivity index (χ4n) is 7.07. The van der Waals surface area contributed by atoms with Crippen molar-refractivity contribution in [2.75, 3.05) is 59.4 Å². The van der Waals surface area contributed by atoms with Crippen LogP contribution in [0.15, 0.2) is 72.8 Å². The zero-order valence-corrected chi connectivity index (χ0v) is 23.4. The second-order valence-corrected chi connectivity index (χ2v) is 11.6. The van der Waals surface area contributed by atoms with Gasteiger partial charge in [0.25, 0.3) is 0 Å². The van der Waals surface area contributed by atoms with Crippen LogP contribution >= 0.6 is 0 Å². The van der Waals surface area contributed by atoms with Gasteiger partial charge in [0.05, 0.1) is 13.3 Å². The largest absolute Gasteiger partial charge is 0.490 e. The van der Waals surface area contributed by atoms with Crippen LogP contribution in [0.5, 0.6) is 23.0 Å². The Hall–Kier alpha value is -4.72. The summed E-state index contributed by atoms with van der Waals surface area (Å²) in [6.07, 6.45) is 0. The fourth-order valence-corrected chi connectivity index (χ4v) is 7.07. The summed E-state index contributed by atoms with van der Waals surface area (Å²) in [5.74, 6) is 3.53. The average Bonchev–Trinajstić information content (AvgIpc) is 3.01. The van der Waals surface area contributed by atoms with Gasteiger partial charge in [0.15, 0.2) is 0 Å². The SMILES string of the molecule is c1cc2c3cc1OCCOc1ccc4c(c1)CN1CN4Cc4cc(ccc41)OCCOc1ccc4c(c1)CN2CN4C3. The lowest BCUT2D eigenvalue weighted by Gasteiger charge is -2.45. The first-order valence-electron chi connectivity index (χ1n) is 14.8. The lowest BCUT2D eigenvalue weighted by Crippen LogP contribution is -2.46. The van der Waals surface area contributed by atoms with E-state index in [9.17, 15) is 0 Å². The summed E-state index contributed by atoms with van der Waals surface area (Å²) in [4.78, 5) is 9.70. The van der Waals surface area contributed by atoms with Crippen molar-refractivity contribution in [2.24, 2.45) is 0 Å². The Morgan fingerprint density at radius 3 is 0.881 bits per heavy atom. The Morgan fingerprint density at radius 1 is 0.357 bits per heavy atom. The highest BCUT2D eigenvalue weighted by Gasteiger charge is 2.31. The minimum absolute atomic E-state index is 0.491. The summed E-state index contributed by atoms with van der Waals surface area (Å²) in [5.41, 5.74) is 10.2. The van der Waals surface area contributed by atoms with Crippen molar-refractivity contribution in [1.82, 2.24) is 0 Å². The smallest absolute Gasteiger partial charge is 0.122 e. The van der Waals surface area contributed by atoms with Gasteiger partial charge in [-0.05, 0) is 95.1 Å². The molecule has 0 saturated heterocycles. The van der Waals surface area contributed by atoms with Crippen molar-refractivity contribution in [3.05, 3.63) is 95.1 Å². The van der Waals surface area contributed by atoms with E-state index in [-0.39, 0.29) is 0 Å². The molecule has 0 aliphatic carbocycles. The van der Waals surface area contributed by atoms with Crippen molar-refractivity contribution < 1.29 is 18.9 Å². The summed E-state index contributed by atoms with van der Waals surface area (Å²) in [6.45, 7) is 7.15. The van der Waals surface area contributed by atoms with Crippen LogP contribution in [0.4, 0.5) is 22.7 Å². The average molecular weight is 561 g/mol. The van der Waals surface area contributed by atoms with Crippen LogP contribution in [0.1, 0.15) is 22.3 Å². The molecule has 0 amide bonds. The van der Waals surface area contributed by atoms with Gasteiger partial charge in [-0.3, -0.25) is 0 Å². The van der Waals surface area contributed by atoms with Crippen LogP contribution in [0.25, 0.3) is 0 Å². The maximum atomic E-state index is 6.15. The molecular weight excluding hydrogens is 528 g/mol. The lowest BCUT2D eigenvalue weighted by atomic mass is 10.0. The summed E-state index contributed by atoms with van der Waals surface area (Å²) < 4.78 is 24.6. The molecule has 0 unspecified atom stereocenters. The zero-order chi connectivity index (χ0) is 27.6. The van der Waals surface area contributed by atoms with E-state index in [4.69, 9.17) is 18.9 Å². The van der Waals surface area contributed by atoms with E-state index in [1.54, 1.807) is 0 Å². The molecule has 4 aromatic carbocycles. The third-order valence-electron chi connectivity index (χ3n) is 8.94. The summed E-state index contributed by atoms with van der Waals surface area (Å²) >= 11 is 0.